The second-order valence-corrected chi connectivity index (χ2v) is 7.52. The Morgan fingerprint density at radius 1 is 1.06 bits per heavy atom. The van der Waals surface area contributed by atoms with Gasteiger partial charge in [0.1, 0.15) is 0 Å². The van der Waals surface area contributed by atoms with Gasteiger partial charge < -0.3 is 0 Å². The van der Waals surface area contributed by atoms with Crippen molar-refractivity contribution in [2.75, 3.05) is 13.6 Å². The minimum Gasteiger partial charge on any atom is -0.294 e. The molecule has 0 fully saturated rings. The molecule has 0 atom stereocenters. The van der Waals surface area contributed by atoms with Crippen molar-refractivity contribution in [3.8, 4) is 0 Å². The summed E-state index contributed by atoms with van der Waals surface area (Å²) in [6.45, 7) is 19.3. The van der Waals surface area contributed by atoms with Crippen molar-refractivity contribution < 1.29 is 0 Å². The van der Waals surface area contributed by atoms with E-state index in [0.717, 1.165) is 18.9 Å². The first kappa shape index (κ1) is 17.9. The van der Waals surface area contributed by atoms with Crippen molar-refractivity contribution in [1.82, 2.24) is 10.2 Å². The van der Waals surface area contributed by atoms with Crippen LogP contribution in [0.4, 0.5) is 0 Å². The van der Waals surface area contributed by atoms with Crippen LogP contribution in [0.15, 0.2) is 0 Å². The van der Waals surface area contributed by atoms with E-state index in [-0.39, 0.29) is 5.54 Å². The zero-order valence-electron chi connectivity index (χ0n) is 13.9. The largest absolute Gasteiger partial charge is 0.294 e. The highest BCUT2D eigenvalue weighted by atomic mass is 15.2. The molecule has 2 heteroatoms. The summed E-state index contributed by atoms with van der Waals surface area (Å²) in [5, 5.41) is 3.57. The smallest absolute Gasteiger partial charge is 0.0895 e. The molecule has 0 saturated heterocycles. The molecule has 0 spiro atoms. The fourth-order valence-corrected chi connectivity index (χ4v) is 2.67. The highest BCUT2D eigenvalue weighted by Gasteiger charge is 2.25. The first-order valence-corrected chi connectivity index (χ1v) is 7.41. The van der Waals surface area contributed by atoms with Crippen LogP contribution < -0.4 is 5.32 Å². The SMILES string of the molecule is CCC(CC)CN(C)[CH]NC(C)(C)CC(C)(C)C. The maximum absolute atomic E-state index is 3.57. The van der Waals surface area contributed by atoms with E-state index >= 15 is 0 Å². The molecule has 0 unspecified atom stereocenters. The third kappa shape index (κ3) is 8.93. The molecule has 0 bridgehead atoms. The molecule has 2 nitrogen and oxygen atoms in total. The minimum atomic E-state index is 0.153. The lowest BCUT2D eigenvalue weighted by molar-refractivity contribution is 0.217. The summed E-state index contributed by atoms with van der Waals surface area (Å²) in [7, 11) is 2.17. The van der Waals surface area contributed by atoms with Crippen molar-refractivity contribution in [3.05, 3.63) is 6.67 Å². The summed E-state index contributed by atoms with van der Waals surface area (Å²) in [5.74, 6) is 0.804. The maximum Gasteiger partial charge on any atom is 0.0895 e. The Labute approximate surface area is 116 Å². The molecule has 0 aliphatic carbocycles. The van der Waals surface area contributed by atoms with Crippen LogP contribution in [0.1, 0.15) is 67.7 Å². The van der Waals surface area contributed by atoms with Gasteiger partial charge in [0.05, 0.1) is 6.67 Å². The monoisotopic (exact) mass is 255 g/mol. The predicted molar refractivity (Wildman–Crippen MR) is 82.3 cm³/mol. The maximum atomic E-state index is 3.57. The van der Waals surface area contributed by atoms with Gasteiger partial charge in [-0.1, -0.05) is 47.5 Å². The zero-order valence-corrected chi connectivity index (χ0v) is 13.9. The fourth-order valence-electron chi connectivity index (χ4n) is 2.67. The Kier molecular flexibility index (Phi) is 7.46. The summed E-state index contributed by atoms with van der Waals surface area (Å²) in [6, 6.07) is 0. The van der Waals surface area contributed by atoms with E-state index in [0.29, 0.717) is 5.41 Å². The first-order chi connectivity index (χ1) is 8.09. The summed E-state index contributed by atoms with van der Waals surface area (Å²) >= 11 is 0. The van der Waals surface area contributed by atoms with Crippen LogP contribution in [0.3, 0.4) is 0 Å². The number of rotatable bonds is 8. The predicted octanol–water partition coefficient (Wildman–Crippen LogP) is 4.28. The first-order valence-electron chi connectivity index (χ1n) is 7.41. The van der Waals surface area contributed by atoms with E-state index in [1.54, 1.807) is 0 Å². The molecule has 0 heterocycles. The van der Waals surface area contributed by atoms with Crippen LogP contribution >= 0.6 is 0 Å². The van der Waals surface area contributed by atoms with Gasteiger partial charge in [0, 0.05) is 12.1 Å². The summed E-state index contributed by atoms with van der Waals surface area (Å²) in [6.07, 6.45) is 3.69. The van der Waals surface area contributed by atoms with Gasteiger partial charge in [0.25, 0.3) is 0 Å². The Bertz CT molecular complexity index is 212. The fraction of sp³-hybridized carbons (Fsp3) is 0.938. The third-order valence-electron chi connectivity index (χ3n) is 3.35. The van der Waals surface area contributed by atoms with Crippen LogP contribution in [0.2, 0.25) is 0 Å². The molecule has 0 aliphatic rings. The second-order valence-electron chi connectivity index (χ2n) is 7.52. The zero-order chi connectivity index (χ0) is 14.4. The van der Waals surface area contributed by atoms with Crippen molar-refractivity contribution in [1.29, 1.82) is 0 Å². The van der Waals surface area contributed by atoms with Crippen LogP contribution in [-0.2, 0) is 0 Å². The molecule has 1 N–H and O–H groups in total. The Balaban J connectivity index is 4.07. The summed E-state index contributed by atoms with van der Waals surface area (Å²) in [5.41, 5.74) is 0.513. The Morgan fingerprint density at radius 2 is 1.56 bits per heavy atom. The summed E-state index contributed by atoms with van der Waals surface area (Å²) < 4.78 is 0. The van der Waals surface area contributed by atoms with Crippen LogP contribution in [0.25, 0.3) is 0 Å². The number of nitrogens with zero attached hydrogens (tertiary/aromatic N) is 1. The standard InChI is InChI=1S/C16H35N2/c1-9-14(10-2)11-18(8)13-17-16(6,7)12-15(3,4)5/h13-14,17H,9-12H2,1-8H3. The average Bonchev–Trinajstić information content (AvgIpc) is 2.20. The van der Waals surface area contributed by atoms with Gasteiger partial charge in [-0.25, -0.2) is 0 Å². The number of nitrogens with one attached hydrogen (secondary N) is 1. The van der Waals surface area contributed by atoms with E-state index in [2.05, 4.69) is 72.4 Å². The van der Waals surface area contributed by atoms with Crippen molar-refractivity contribution in [2.24, 2.45) is 11.3 Å². The molecule has 0 amide bonds. The third-order valence-corrected chi connectivity index (χ3v) is 3.35. The Morgan fingerprint density at radius 3 is 1.94 bits per heavy atom. The minimum absolute atomic E-state index is 0.153. The molecule has 0 saturated carbocycles. The van der Waals surface area contributed by atoms with Gasteiger partial charge in [0.15, 0.2) is 0 Å². The lowest BCUT2D eigenvalue weighted by Crippen LogP contribution is -2.44. The molecular formula is C16H35N2. The van der Waals surface area contributed by atoms with Gasteiger partial charge in [-0.05, 0) is 38.6 Å². The van der Waals surface area contributed by atoms with Crippen LogP contribution in [0, 0.1) is 18.0 Å². The van der Waals surface area contributed by atoms with Crippen molar-refractivity contribution >= 4 is 0 Å². The van der Waals surface area contributed by atoms with Gasteiger partial charge >= 0.3 is 0 Å². The molecule has 18 heavy (non-hydrogen) atoms. The topological polar surface area (TPSA) is 15.3 Å². The highest BCUT2D eigenvalue weighted by molar-refractivity contribution is 4.86. The molecule has 0 aromatic rings. The van der Waals surface area contributed by atoms with E-state index in [4.69, 9.17) is 0 Å². The second kappa shape index (κ2) is 7.49. The molecule has 0 aliphatic heterocycles. The van der Waals surface area contributed by atoms with Gasteiger partial charge in [-0.15, -0.1) is 0 Å². The quantitative estimate of drug-likeness (QED) is 0.696. The molecular weight excluding hydrogens is 220 g/mol. The van der Waals surface area contributed by atoms with Gasteiger partial charge in [-0.3, -0.25) is 10.2 Å². The van der Waals surface area contributed by atoms with E-state index in [1.165, 1.54) is 12.8 Å². The van der Waals surface area contributed by atoms with Crippen LogP contribution in [0.5, 0.6) is 0 Å². The highest BCUT2D eigenvalue weighted by Crippen LogP contribution is 2.27. The van der Waals surface area contributed by atoms with Crippen LogP contribution in [-0.4, -0.2) is 24.0 Å². The molecule has 0 rings (SSSR count). The molecule has 0 aromatic heterocycles. The lowest BCUT2D eigenvalue weighted by Gasteiger charge is -2.35. The number of hydrogen-bond donors (Lipinski definition) is 1. The lowest BCUT2D eigenvalue weighted by atomic mass is 9.82. The van der Waals surface area contributed by atoms with Gasteiger partial charge in [0.2, 0.25) is 0 Å². The average molecular weight is 255 g/mol. The molecule has 109 valence electrons. The summed E-state index contributed by atoms with van der Waals surface area (Å²) in [4.78, 5) is 2.29. The van der Waals surface area contributed by atoms with E-state index < -0.39 is 0 Å². The number of hydrogen-bond acceptors (Lipinski definition) is 2. The molecule has 0 aromatic carbocycles. The Hall–Kier alpha value is -0.0800. The normalized spacial score (nSPS) is 13.7. The van der Waals surface area contributed by atoms with Crippen molar-refractivity contribution in [2.45, 2.75) is 73.3 Å². The van der Waals surface area contributed by atoms with Gasteiger partial charge in [-0.2, -0.15) is 0 Å². The molecule has 1 radical (unpaired) electrons. The van der Waals surface area contributed by atoms with E-state index in [1.807, 2.05) is 0 Å². The van der Waals surface area contributed by atoms with Crippen molar-refractivity contribution in [3.63, 3.8) is 0 Å². The van der Waals surface area contributed by atoms with E-state index in [9.17, 15) is 0 Å².